The minimum Gasteiger partial charge on any atom is -0.451 e. The summed E-state index contributed by atoms with van der Waals surface area (Å²) >= 11 is 0.801. The summed E-state index contributed by atoms with van der Waals surface area (Å²) in [4.78, 5) is 0. The molecule has 1 aromatic rings. The van der Waals surface area contributed by atoms with Crippen molar-refractivity contribution in [3.8, 4) is 0 Å². The molecule has 3 nitrogen and oxygen atoms in total. The van der Waals surface area contributed by atoms with E-state index in [-0.39, 0.29) is 0 Å². The number of aromatic nitrogens is 1. The van der Waals surface area contributed by atoms with Crippen molar-refractivity contribution in [2.75, 3.05) is 0 Å². The topological polar surface area (TPSA) is 41.1 Å². The van der Waals surface area contributed by atoms with Gasteiger partial charge in [0.2, 0.25) is 0 Å². The van der Waals surface area contributed by atoms with E-state index in [0.717, 1.165) is 11.8 Å². The van der Waals surface area contributed by atoms with E-state index in [1.165, 1.54) is 0 Å². The molecule has 0 unspecified atom stereocenters. The van der Waals surface area contributed by atoms with Crippen LogP contribution in [-0.2, 0) is 0 Å². The number of hydrogen-bond donors (Lipinski definition) is 0. The zero-order valence-corrected chi connectivity index (χ0v) is 2.49. The van der Waals surface area contributed by atoms with Crippen LogP contribution in [0.5, 0.6) is 0 Å². The number of rotatable bonds is 0. The molecule has 0 aliphatic heterocycles. The summed E-state index contributed by atoms with van der Waals surface area (Å²) in [7, 11) is 0. The molecule has 1 aromatic heterocycles. The molecule has 0 saturated carbocycles. The summed E-state index contributed by atoms with van der Waals surface area (Å²) < 4.78 is 4.32. The molecular formula is NO2S-. The summed E-state index contributed by atoms with van der Waals surface area (Å²) in [6.07, 6.45) is 0. The molecular weight excluding hydrogens is 78.1 g/mol. The number of hydrogen-bond acceptors (Lipinski definition) is 3. The third-order valence-electron chi connectivity index (χ3n) is 0.135. The summed E-state index contributed by atoms with van der Waals surface area (Å²) in [5, 5.41) is 9.21. The maximum Gasteiger partial charge on any atom is 0.0365 e. The van der Waals surface area contributed by atoms with Gasteiger partial charge in [0.05, 0.1) is 0 Å². The molecule has 0 amide bonds. The van der Waals surface area contributed by atoms with Gasteiger partial charge in [0.25, 0.3) is 0 Å². The van der Waals surface area contributed by atoms with Crippen LogP contribution in [0.2, 0.25) is 0 Å². The Balaban J connectivity index is 2.81. The van der Waals surface area contributed by atoms with Crippen LogP contribution in [0.1, 0.15) is 0 Å². The van der Waals surface area contributed by atoms with Crippen molar-refractivity contribution < 1.29 is 3.96 Å². The Bertz CT molecular complexity index is 64.6. The van der Waals surface area contributed by atoms with Crippen LogP contribution >= 0.6 is 11.8 Å². The SMILES string of the molecule is [O-]n1os1. The summed E-state index contributed by atoms with van der Waals surface area (Å²) in [5.41, 5.74) is 0. The molecule has 4 heteroatoms. The van der Waals surface area contributed by atoms with Crippen molar-refractivity contribution in [1.82, 2.24) is 4.29 Å². The molecule has 0 saturated heterocycles. The minimum atomic E-state index is 0.417. The van der Waals surface area contributed by atoms with Gasteiger partial charge in [-0.15, -0.1) is 4.29 Å². The van der Waals surface area contributed by atoms with Crippen LogP contribution in [0.3, 0.4) is 0 Å². The van der Waals surface area contributed by atoms with Crippen molar-refractivity contribution in [2.45, 2.75) is 0 Å². The standard InChI is InChI=1S/NO2S/c2-1-3-4-1/q-1. The van der Waals surface area contributed by atoms with Crippen LogP contribution in [-0.4, -0.2) is 4.29 Å². The lowest BCUT2D eigenvalue weighted by atomic mass is 13.4. The second-order valence-corrected chi connectivity index (χ2v) is 0.969. The molecule has 0 bridgehead atoms. The summed E-state index contributed by atoms with van der Waals surface area (Å²) in [5.74, 6) is 0. The van der Waals surface area contributed by atoms with E-state index in [4.69, 9.17) is 0 Å². The molecule has 0 spiro atoms. The van der Waals surface area contributed by atoms with Gasteiger partial charge in [-0.1, -0.05) is 0 Å². The summed E-state index contributed by atoms with van der Waals surface area (Å²) in [6.45, 7) is 0. The third kappa shape index (κ3) is 0.0907. The zero-order chi connectivity index (χ0) is 2.99. The smallest absolute Gasteiger partial charge is 0.0365 e. The van der Waals surface area contributed by atoms with Crippen molar-refractivity contribution in [3.63, 3.8) is 0 Å². The van der Waals surface area contributed by atoms with Gasteiger partial charge in [-0.2, -0.15) is 0 Å². The lowest BCUT2D eigenvalue weighted by molar-refractivity contribution is 0.550. The molecule has 24 valence electrons. The van der Waals surface area contributed by atoms with E-state index in [1.807, 2.05) is 0 Å². The van der Waals surface area contributed by atoms with Gasteiger partial charge >= 0.3 is 0 Å². The highest BCUT2D eigenvalue weighted by Crippen LogP contribution is 1.98. The average molecular weight is 78.1 g/mol. The van der Waals surface area contributed by atoms with E-state index >= 15 is 0 Å². The predicted molar refractivity (Wildman–Crippen MR) is 13.3 cm³/mol. The molecule has 0 aliphatic rings. The highest BCUT2D eigenvalue weighted by Gasteiger charge is 1.65. The average Bonchev–Trinajstić information content (AvgIpc) is 1.75. The lowest BCUT2D eigenvalue weighted by Crippen LogP contribution is -1.49. The highest BCUT2D eigenvalue weighted by atomic mass is 32.1. The van der Waals surface area contributed by atoms with Crippen LogP contribution < -0.4 is 0 Å². The Hall–Kier alpha value is -0.380. The second-order valence-electron chi connectivity index (χ2n) is 0.373. The van der Waals surface area contributed by atoms with Gasteiger partial charge in [-0.3, -0.25) is 0 Å². The Labute approximate surface area is 26.3 Å². The third-order valence-corrected chi connectivity index (χ3v) is 0.406. The zero-order valence-electron chi connectivity index (χ0n) is 1.67. The molecule has 0 N–H and O–H groups in total. The molecule has 0 radical (unpaired) electrons. The predicted octanol–water partition coefficient (Wildman–Crippen LogP) is 0.489. The van der Waals surface area contributed by atoms with E-state index in [2.05, 4.69) is 3.96 Å². The molecule has 0 fully saturated rings. The van der Waals surface area contributed by atoms with Gasteiger partial charge in [0, 0.05) is 11.8 Å². The first-order valence-electron chi connectivity index (χ1n) is 0.714. The van der Waals surface area contributed by atoms with Gasteiger partial charge in [0.1, 0.15) is 0 Å². The Morgan fingerprint density at radius 2 is 2.25 bits per heavy atom. The Morgan fingerprint density at radius 1 is 2.00 bits per heavy atom. The van der Waals surface area contributed by atoms with Crippen molar-refractivity contribution >= 4 is 11.8 Å². The largest absolute Gasteiger partial charge is 0.451 e. The van der Waals surface area contributed by atoms with Crippen LogP contribution in [0, 0.1) is 5.21 Å². The second kappa shape index (κ2) is 0.322. The fourth-order valence-electron chi connectivity index (χ4n) is 0.0136. The van der Waals surface area contributed by atoms with Crippen molar-refractivity contribution in [2.24, 2.45) is 0 Å². The van der Waals surface area contributed by atoms with Gasteiger partial charge in [-0.25, -0.2) is 0 Å². The Morgan fingerprint density at radius 3 is 2.25 bits per heavy atom. The lowest BCUT2D eigenvalue weighted by Gasteiger charge is -1.62. The van der Waals surface area contributed by atoms with Gasteiger partial charge in [0.15, 0.2) is 0 Å². The molecule has 0 aliphatic carbocycles. The molecule has 0 aromatic carbocycles. The Kier molecular flexibility index (Phi) is 0.153. The van der Waals surface area contributed by atoms with Gasteiger partial charge < -0.3 is 9.16 Å². The van der Waals surface area contributed by atoms with Crippen molar-refractivity contribution in [3.05, 3.63) is 5.21 Å². The molecule has 4 heavy (non-hydrogen) atoms. The van der Waals surface area contributed by atoms with E-state index in [9.17, 15) is 5.21 Å². The van der Waals surface area contributed by atoms with Crippen LogP contribution in [0.15, 0.2) is 3.96 Å². The fraction of sp³-hybridized carbons (Fsp3) is 0. The maximum absolute atomic E-state index is 9.21. The molecule has 0 atom stereocenters. The first-order chi connectivity index (χ1) is 1.89. The van der Waals surface area contributed by atoms with Crippen LogP contribution in [0.4, 0.5) is 0 Å². The molecule has 1 rings (SSSR count). The molecule has 1 heterocycles. The summed E-state index contributed by atoms with van der Waals surface area (Å²) in [6, 6.07) is 0. The fourth-order valence-corrected chi connectivity index (χ4v) is 0.0408. The van der Waals surface area contributed by atoms with Crippen LogP contribution in [0.25, 0.3) is 0 Å². The monoisotopic (exact) mass is 78.0 g/mol. The van der Waals surface area contributed by atoms with E-state index < -0.39 is 0 Å². The first kappa shape index (κ1) is 1.90. The maximum atomic E-state index is 9.21. The van der Waals surface area contributed by atoms with E-state index in [1.54, 1.807) is 0 Å². The van der Waals surface area contributed by atoms with Crippen molar-refractivity contribution in [1.29, 1.82) is 0 Å². The number of nitrogens with zero attached hydrogens (tertiary/aromatic N) is 1. The quantitative estimate of drug-likeness (QED) is 0.453. The minimum absolute atomic E-state index is 0.417. The van der Waals surface area contributed by atoms with Gasteiger partial charge in [-0.05, 0) is 0 Å². The highest BCUT2D eigenvalue weighted by molar-refractivity contribution is 7.00. The van der Waals surface area contributed by atoms with E-state index in [0.29, 0.717) is 4.29 Å². The normalized spacial score (nSPS) is 9.00. The first-order valence-corrected chi connectivity index (χ1v) is 1.41.